The van der Waals surface area contributed by atoms with Crippen LogP contribution in [0.3, 0.4) is 0 Å². The molecule has 0 saturated heterocycles. The first-order chi connectivity index (χ1) is 9.95. The topological polar surface area (TPSA) is 66.9 Å². The average Bonchev–Trinajstić information content (AvgIpc) is 2.42. The van der Waals surface area contributed by atoms with Gasteiger partial charge in [-0.25, -0.2) is 4.98 Å². The number of carbonyl (C=O) groups excluding carboxylic acids is 1. The maximum absolute atomic E-state index is 12.2. The molecule has 0 radical (unpaired) electrons. The van der Waals surface area contributed by atoms with Crippen LogP contribution >= 0.6 is 0 Å². The molecule has 116 valence electrons. The third-order valence-electron chi connectivity index (χ3n) is 3.89. The lowest BCUT2D eigenvalue weighted by Gasteiger charge is -2.30. The minimum absolute atomic E-state index is 0.108. The molecular weight excluding hydrogens is 264 g/mol. The number of carbonyl (C=O) groups is 1. The first-order valence-corrected chi connectivity index (χ1v) is 7.83. The van der Waals surface area contributed by atoms with Gasteiger partial charge in [0.1, 0.15) is 5.82 Å². The summed E-state index contributed by atoms with van der Waals surface area (Å²) in [7, 11) is 0. The van der Waals surface area contributed by atoms with E-state index in [0.717, 1.165) is 42.9 Å². The Morgan fingerprint density at radius 3 is 2.81 bits per heavy atom. The Morgan fingerprint density at radius 1 is 1.33 bits per heavy atom. The van der Waals surface area contributed by atoms with Crippen molar-refractivity contribution in [3.8, 4) is 0 Å². The maximum Gasteiger partial charge on any atom is 0.223 e. The fraction of sp³-hybridized carbons (Fsp3) is 0.688. The summed E-state index contributed by atoms with van der Waals surface area (Å²) >= 11 is 0. The van der Waals surface area contributed by atoms with Crippen molar-refractivity contribution in [1.29, 1.82) is 0 Å². The molecular formula is C16H26N4O. The molecule has 0 aliphatic heterocycles. The lowest BCUT2D eigenvalue weighted by Crippen LogP contribution is -2.40. The normalized spacial score (nSPS) is 22.1. The van der Waals surface area contributed by atoms with E-state index in [1.165, 1.54) is 0 Å². The molecule has 1 aromatic heterocycles. The van der Waals surface area contributed by atoms with Gasteiger partial charge in [0.25, 0.3) is 0 Å². The zero-order valence-corrected chi connectivity index (χ0v) is 13.4. The summed E-state index contributed by atoms with van der Waals surface area (Å²) in [6, 6.07) is 0.507. The highest BCUT2D eigenvalue weighted by molar-refractivity contribution is 5.79. The summed E-state index contributed by atoms with van der Waals surface area (Å²) in [5.41, 5.74) is 1.82. The summed E-state index contributed by atoms with van der Waals surface area (Å²) in [6.07, 6.45) is 5.79. The van der Waals surface area contributed by atoms with Gasteiger partial charge in [-0.1, -0.05) is 6.42 Å². The van der Waals surface area contributed by atoms with Crippen LogP contribution < -0.4 is 10.6 Å². The van der Waals surface area contributed by atoms with Crippen molar-refractivity contribution in [3.05, 3.63) is 17.6 Å². The van der Waals surface area contributed by atoms with E-state index in [1.54, 1.807) is 6.20 Å². The second-order valence-electron chi connectivity index (χ2n) is 6.31. The van der Waals surface area contributed by atoms with E-state index < -0.39 is 0 Å². The zero-order chi connectivity index (χ0) is 15.4. The Morgan fingerprint density at radius 2 is 2.10 bits per heavy atom. The minimum atomic E-state index is 0.108. The van der Waals surface area contributed by atoms with Gasteiger partial charge < -0.3 is 10.6 Å². The Hall–Kier alpha value is -1.65. The summed E-state index contributed by atoms with van der Waals surface area (Å²) in [5, 5.41) is 6.50. The van der Waals surface area contributed by atoms with Crippen LogP contribution in [0.2, 0.25) is 0 Å². The number of amides is 1. The first kappa shape index (κ1) is 15.7. The third-order valence-corrected chi connectivity index (χ3v) is 3.89. The van der Waals surface area contributed by atoms with E-state index in [9.17, 15) is 4.79 Å². The molecule has 1 aliphatic rings. The molecule has 1 aromatic rings. The molecule has 21 heavy (non-hydrogen) atoms. The minimum Gasteiger partial charge on any atom is -0.366 e. The molecule has 1 heterocycles. The standard InChI is InChI=1S/C16H26N4O/c1-10(2)18-16(21)13-6-5-7-14(8-13)20-15-12(4)17-9-11(3)19-15/h9-10,13-14H,5-8H2,1-4H3,(H,18,21)(H,19,20). The van der Waals surface area contributed by atoms with Crippen molar-refractivity contribution in [3.63, 3.8) is 0 Å². The van der Waals surface area contributed by atoms with Gasteiger partial charge in [-0.05, 0) is 47.0 Å². The van der Waals surface area contributed by atoms with Crippen molar-refractivity contribution < 1.29 is 4.79 Å². The molecule has 0 spiro atoms. The molecule has 1 aliphatic carbocycles. The highest BCUT2D eigenvalue weighted by Crippen LogP contribution is 2.27. The SMILES string of the molecule is Cc1cnc(C)c(NC2CCCC(C(=O)NC(C)C)C2)n1. The highest BCUT2D eigenvalue weighted by Gasteiger charge is 2.27. The fourth-order valence-electron chi connectivity index (χ4n) is 2.83. The molecule has 2 atom stereocenters. The van der Waals surface area contributed by atoms with Crippen LogP contribution in [0.4, 0.5) is 5.82 Å². The lowest BCUT2D eigenvalue weighted by molar-refractivity contribution is -0.126. The van der Waals surface area contributed by atoms with Crippen LogP contribution in [-0.4, -0.2) is 28.0 Å². The predicted molar refractivity (Wildman–Crippen MR) is 84.2 cm³/mol. The third kappa shape index (κ3) is 4.41. The van der Waals surface area contributed by atoms with E-state index in [4.69, 9.17) is 0 Å². The van der Waals surface area contributed by atoms with Gasteiger partial charge in [0.05, 0.1) is 11.4 Å². The van der Waals surface area contributed by atoms with Gasteiger partial charge in [-0.2, -0.15) is 0 Å². The molecule has 5 heteroatoms. The largest absolute Gasteiger partial charge is 0.366 e. The van der Waals surface area contributed by atoms with E-state index in [2.05, 4.69) is 20.6 Å². The smallest absolute Gasteiger partial charge is 0.223 e. The van der Waals surface area contributed by atoms with Crippen LogP contribution in [0.5, 0.6) is 0 Å². The monoisotopic (exact) mass is 290 g/mol. The highest BCUT2D eigenvalue weighted by atomic mass is 16.1. The Balaban J connectivity index is 1.98. The van der Waals surface area contributed by atoms with E-state index >= 15 is 0 Å². The number of aryl methyl sites for hydroxylation is 2. The molecule has 2 rings (SSSR count). The fourth-order valence-corrected chi connectivity index (χ4v) is 2.83. The molecule has 2 N–H and O–H groups in total. The van der Waals surface area contributed by atoms with E-state index in [0.29, 0.717) is 6.04 Å². The van der Waals surface area contributed by atoms with Crippen molar-refractivity contribution in [2.24, 2.45) is 5.92 Å². The van der Waals surface area contributed by atoms with Crippen molar-refractivity contribution >= 4 is 11.7 Å². The maximum atomic E-state index is 12.2. The number of aromatic nitrogens is 2. The van der Waals surface area contributed by atoms with Crippen molar-refractivity contribution in [2.75, 3.05) is 5.32 Å². The van der Waals surface area contributed by atoms with Gasteiger partial charge >= 0.3 is 0 Å². The van der Waals surface area contributed by atoms with Crippen LogP contribution in [0, 0.1) is 19.8 Å². The van der Waals surface area contributed by atoms with Gasteiger partial charge in [-0.3, -0.25) is 9.78 Å². The van der Waals surface area contributed by atoms with Crippen molar-refractivity contribution in [2.45, 2.75) is 65.5 Å². The van der Waals surface area contributed by atoms with E-state index in [-0.39, 0.29) is 17.9 Å². The first-order valence-electron chi connectivity index (χ1n) is 7.83. The van der Waals surface area contributed by atoms with Gasteiger partial charge in [-0.15, -0.1) is 0 Å². The molecule has 5 nitrogen and oxygen atoms in total. The molecule has 1 fully saturated rings. The van der Waals surface area contributed by atoms with Gasteiger partial charge in [0.15, 0.2) is 0 Å². The van der Waals surface area contributed by atoms with Crippen LogP contribution in [0.1, 0.15) is 50.9 Å². The molecule has 1 saturated carbocycles. The summed E-state index contributed by atoms with van der Waals surface area (Å²) in [5.74, 6) is 1.14. The molecule has 0 bridgehead atoms. The summed E-state index contributed by atoms with van der Waals surface area (Å²) in [6.45, 7) is 7.90. The Labute approximate surface area is 127 Å². The average molecular weight is 290 g/mol. The van der Waals surface area contributed by atoms with E-state index in [1.807, 2.05) is 27.7 Å². The van der Waals surface area contributed by atoms with Crippen molar-refractivity contribution in [1.82, 2.24) is 15.3 Å². The number of nitrogens with zero attached hydrogens (tertiary/aromatic N) is 2. The number of hydrogen-bond acceptors (Lipinski definition) is 4. The number of anilines is 1. The lowest BCUT2D eigenvalue weighted by atomic mass is 9.85. The molecule has 2 unspecified atom stereocenters. The Kier molecular flexibility index (Phi) is 5.15. The number of hydrogen-bond donors (Lipinski definition) is 2. The quantitative estimate of drug-likeness (QED) is 0.894. The second-order valence-corrected chi connectivity index (χ2v) is 6.31. The molecule has 0 aromatic carbocycles. The zero-order valence-electron chi connectivity index (χ0n) is 13.4. The van der Waals surface area contributed by atoms with Gasteiger partial charge in [0.2, 0.25) is 5.91 Å². The van der Waals surface area contributed by atoms with Crippen LogP contribution in [0.25, 0.3) is 0 Å². The summed E-state index contributed by atoms with van der Waals surface area (Å²) in [4.78, 5) is 21.0. The number of rotatable bonds is 4. The van der Waals surface area contributed by atoms with Gasteiger partial charge in [0, 0.05) is 24.2 Å². The predicted octanol–water partition coefficient (Wildman–Crippen LogP) is 2.59. The number of nitrogens with one attached hydrogen (secondary N) is 2. The van der Waals surface area contributed by atoms with Crippen LogP contribution in [-0.2, 0) is 4.79 Å². The summed E-state index contributed by atoms with van der Waals surface area (Å²) < 4.78 is 0. The Bertz CT molecular complexity index is 501. The van der Waals surface area contributed by atoms with Crippen LogP contribution in [0.15, 0.2) is 6.20 Å². The second kappa shape index (κ2) is 6.87. The molecule has 1 amide bonds.